The van der Waals surface area contributed by atoms with Crippen LogP contribution in [-0.4, -0.2) is 35.6 Å². The van der Waals surface area contributed by atoms with Crippen molar-refractivity contribution in [2.24, 2.45) is 5.16 Å². The van der Waals surface area contributed by atoms with Crippen molar-refractivity contribution < 1.29 is 19.2 Å². The van der Waals surface area contributed by atoms with Gasteiger partial charge < -0.3 is 4.84 Å². The summed E-state index contributed by atoms with van der Waals surface area (Å²) < 4.78 is 0. The van der Waals surface area contributed by atoms with E-state index in [2.05, 4.69) is 9.99 Å². The second kappa shape index (κ2) is 6.96. The van der Waals surface area contributed by atoms with Crippen molar-refractivity contribution in [3.63, 3.8) is 0 Å². The number of hydrogen-bond donors (Lipinski definition) is 0. The fourth-order valence-corrected chi connectivity index (χ4v) is 2.50. The van der Waals surface area contributed by atoms with E-state index in [1.54, 1.807) is 48.6 Å². The van der Waals surface area contributed by atoms with Crippen LogP contribution in [0.2, 0.25) is 0 Å². The molecule has 0 radical (unpaired) electrons. The van der Waals surface area contributed by atoms with E-state index in [1.807, 2.05) is 12.2 Å². The number of oxime groups is 1. The Morgan fingerprint density at radius 2 is 1.72 bits per heavy atom. The number of urea groups is 1. The largest absolute Gasteiger partial charge is 0.398 e. The summed E-state index contributed by atoms with van der Waals surface area (Å²) in [5, 5.41) is 3.54. The van der Waals surface area contributed by atoms with Crippen molar-refractivity contribution in [1.29, 1.82) is 0 Å². The maximum absolute atomic E-state index is 12.9. The lowest BCUT2D eigenvalue weighted by molar-refractivity contribution is -0.123. The first-order chi connectivity index (χ1) is 12.1. The number of allylic oxidation sites excluding steroid dienone is 5. The minimum absolute atomic E-state index is 0.340. The average Bonchev–Trinajstić information content (AvgIpc) is 2.89. The monoisotopic (exact) mass is 337 g/mol. The first-order valence-electron chi connectivity index (χ1n) is 7.57. The van der Waals surface area contributed by atoms with Crippen LogP contribution in [0.4, 0.5) is 10.5 Å². The van der Waals surface area contributed by atoms with Crippen LogP contribution in [0.15, 0.2) is 71.6 Å². The second-order valence-electron chi connectivity index (χ2n) is 5.18. The molecule has 3 rings (SSSR count). The summed E-state index contributed by atoms with van der Waals surface area (Å²) in [6.07, 6.45) is 9.39. The van der Waals surface area contributed by atoms with Gasteiger partial charge in [-0.25, -0.2) is 14.6 Å². The Kier molecular flexibility index (Phi) is 4.56. The molecule has 1 heterocycles. The Morgan fingerprint density at radius 3 is 2.44 bits per heavy atom. The van der Waals surface area contributed by atoms with E-state index in [0.29, 0.717) is 17.8 Å². The standard InChI is InChI=1S/C18H15N3O4/c1-25-19-15-16(22)20(13-9-5-2-3-6-10-13)18(24)21(17(15)23)14-11-7-4-8-12-14/h2,4-12H,3H2,1H3/b19-15-. The van der Waals surface area contributed by atoms with Gasteiger partial charge in [0.25, 0.3) is 11.8 Å². The van der Waals surface area contributed by atoms with Crippen LogP contribution in [0.25, 0.3) is 0 Å². The summed E-state index contributed by atoms with van der Waals surface area (Å²) >= 11 is 0. The summed E-state index contributed by atoms with van der Waals surface area (Å²) in [5.74, 6) is -1.65. The van der Waals surface area contributed by atoms with Crippen LogP contribution >= 0.6 is 0 Å². The molecule has 0 spiro atoms. The molecule has 0 saturated carbocycles. The van der Waals surface area contributed by atoms with Gasteiger partial charge in [-0.2, -0.15) is 0 Å². The van der Waals surface area contributed by atoms with Gasteiger partial charge in [0.15, 0.2) is 0 Å². The highest BCUT2D eigenvalue weighted by Gasteiger charge is 2.46. The molecule has 0 bridgehead atoms. The Hall–Kier alpha value is -3.48. The van der Waals surface area contributed by atoms with Crippen molar-refractivity contribution in [2.75, 3.05) is 12.0 Å². The second-order valence-corrected chi connectivity index (χ2v) is 5.18. The van der Waals surface area contributed by atoms with Gasteiger partial charge in [-0.15, -0.1) is 0 Å². The molecule has 0 atom stereocenters. The number of carbonyl (C=O) groups is 3. The number of barbiturate groups is 1. The Morgan fingerprint density at radius 1 is 1.00 bits per heavy atom. The summed E-state index contributed by atoms with van der Waals surface area (Å²) in [7, 11) is 1.23. The molecule has 7 nitrogen and oxygen atoms in total. The molecule has 0 aromatic heterocycles. The molecule has 1 aliphatic carbocycles. The van der Waals surface area contributed by atoms with E-state index in [4.69, 9.17) is 0 Å². The molecule has 25 heavy (non-hydrogen) atoms. The Labute approximate surface area is 144 Å². The highest BCUT2D eigenvalue weighted by atomic mass is 16.6. The van der Waals surface area contributed by atoms with Gasteiger partial charge in [-0.05, 0) is 30.7 Å². The number of anilines is 1. The third-order valence-electron chi connectivity index (χ3n) is 3.61. The van der Waals surface area contributed by atoms with Crippen molar-refractivity contribution >= 4 is 29.2 Å². The quantitative estimate of drug-likeness (QED) is 0.793. The molecule has 1 saturated heterocycles. The van der Waals surface area contributed by atoms with Gasteiger partial charge >= 0.3 is 6.03 Å². The topological polar surface area (TPSA) is 79.3 Å². The first-order valence-corrected chi connectivity index (χ1v) is 7.57. The van der Waals surface area contributed by atoms with Crippen molar-refractivity contribution in [2.45, 2.75) is 6.42 Å². The van der Waals surface area contributed by atoms with Crippen LogP contribution in [-0.2, 0) is 14.4 Å². The Bertz CT molecular complexity index is 837. The highest BCUT2D eigenvalue weighted by Crippen LogP contribution is 2.24. The predicted octanol–water partition coefficient (Wildman–Crippen LogP) is 2.38. The molecule has 1 aliphatic heterocycles. The van der Waals surface area contributed by atoms with Gasteiger partial charge in [0.05, 0.1) is 11.4 Å². The molecule has 0 N–H and O–H groups in total. The zero-order valence-corrected chi connectivity index (χ0v) is 13.5. The zero-order valence-electron chi connectivity index (χ0n) is 13.5. The number of benzene rings is 1. The molecule has 4 amide bonds. The van der Waals surface area contributed by atoms with Gasteiger partial charge in [0.2, 0.25) is 5.71 Å². The van der Waals surface area contributed by atoms with Crippen LogP contribution in [0.5, 0.6) is 0 Å². The SMILES string of the molecule is CO/N=C1/C(=O)N(C2=CC=CCC=C2)C(=O)N(c2ccccc2)C1=O. The van der Waals surface area contributed by atoms with Gasteiger partial charge in [0, 0.05) is 0 Å². The van der Waals surface area contributed by atoms with Crippen molar-refractivity contribution in [3.05, 3.63) is 66.4 Å². The minimum Gasteiger partial charge on any atom is -0.398 e. The van der Waals surface area contributed by atoms with Gasteiger partial charge in [0.1, 0.15) is 7.11 Å². The van der Waals surface area contributed by atoms with Crippen LogP contribution < -0.4 is 4.90 Å². The molecule has 1 aromatic carbocycles. The third kappa shape index (κ3) is 2.99. The summed E-state index contributed by atoms with van der Waals surface area (Å²) in [4.78, 5) is 44.7. The number of carbonyl (C=O) groups excluding carboxylic acids is 3. The number of hydrogen-bond acceptors (Lipinski definition) is 5. The first kappa shape index (κ1) is 16.4. The number of amides is 4. The lowest BCUT2D eigenvalue weighted by atomic mass is 10.1. The Balaban J connectivity index is 2.12. The van der Waals surface area contributed by atoms with Crippen molar-refractivity contribution in [3.8, 4) is 0 Å². The lowest BCUT2D eigenvalue weighted by Crippen LogP contribution is -2.60. The minimum atomic E-state index is -0.826. The molecule has 1 fully saturated rings. The summed E-state index contributed by atoms with van der Waals surface area (Å²) in [6, 6.07) is 7.59. The van der Waals surface area contributed by atoms with Crippen molar-refractivity contribution in [1.82, 2.24) is 4.90 Å². The normalized spacial score (nSPS) is 19.3. The zero-order chi connectivity index (χ0) is 17.8. The van der Waals surface area contributed by atoms with E-state index in [1.165, 1.54) is 7.11 Å². The van der Waals surface area contributed by atoms with Gasteiger partial charge in [-0.1, -0.05) is 41.6 Å². The smallest absolute Gasteiger partial charge is 0.343 e. The molecular formula is C18H15N3O4. The van der Waals surface area contributed by atoms with E-state index in [-0.39, 0.29) is 0 Å². The van der Waals surface area contributed by atoms with Crippen LogP contribution in [0.3, 0.4) is 0 Å². The van der Waals surface area contributed by atoms with E-state index in [9.17, 15) is 14.4 Å². The molecular weight excluding hydrogens is 322 g/mol. The summed E-state index contributed by atoms with van der Waals surface area (Å²) in [5.41, 5.74) is 0.224. The van der Waals surface area contributed by atoms with Crippen LogP contribution in [0.1, 0.15) is 6.42 Å². The maximum atomic E-state index is 12.9. The van der Waals surface area contributed by atoms with E-state index < -0.39 is 23.6 Å². The number of nitrogens with zero attached hydrogens (tertiary/aromatic N) is 3. The number of rotatable bonds is 3. The molecule has 7 heteroatoms. The lowest BCUT2D eigenvalue weighted by Gasteiger charge is -2.33. The number of imide groups is 2. The maximum Gasteiger partial charge on any atom is 0.343 e. The molecule has 126 valence electrons. The molecule has 2 aliphatic rings. The molecule has 1 aromatic rings. The fourth-order valence-electron chi connectivity index (χ4n) is 2.50. The number of para-hydroxylation sites is 1. The highest BCUT2D eigenvalue weighted by molar-refractivity contribution is 6.72. The fraction of sp³-hybridized carbons (Fsp3) is 0.111. The van der Waals surface area contributed by atoms with E-state index >= 15 is 0 Å². The van der Waals surface area contributed by atoms with Gasteiger partial charge in [-0.3, -0.25) is 9.59 Å². The average molecular weight is 337 g/mol. The van der Waals surface area contributed by atoms with Crippen LogP contribution in [0, 0.1) is 0 Å². The third-order valence-corrected chi connectivity index (χ3v) is 3.61. The summed E-state index contributed by atoms with van der Waals surface area (Å²) in [6.45, 7) is 0. The van der Waals surface area contributed by atoms with E-state index in [0.717, 1.165) is 9.80 Å². The molecule has 0 unspecified atom stereocenters. The predicted molar refractivity (Wildman–Crippen MR) is 91.6 cm³/mol.